The van der Waals surface area contributed by atoms with Crippen molar-refractivity contribution < 1.29 is 19.2 Å². The molecule has 0 saturated carbocycles. The predicted molar refractivity (Wildman–Crippen MR) is 94.9 cm³/mol. The van der Waals surface area contributed by atoms with E-state index in [9.17, 15) is 14.7 Å². The van der Waals surface area contributed by atoms with Crippen LogP contribution in [0.15, 0.2) is 4.52 Å². The number of carboxylic acids is 1. The number of likely N-dealkylation sites (tertiary alicyclic amines) is 1. The standard InChI is InChI=1S/C16H26N4O4S/c1-10(2)13-18-14(24-19-13)11-4-7-20(8-5-11)16(23)17-12(15(21)22)6-9-25-3/h10-12H,4-9H2,1-3H3,(H,17,23)(H,21,22)/t12-/m0/s1. The van der Waals surface area contributed by atoms with Gasteiger partial charge in [0.15, 0.2) is 5.82 Å². The summed E-state index contributed by atoms with van der Waals surface area (Å²) in [4.78, 5) is 29.6. The fourth-order valence-corrected chi connectivity index (χ4v) is 3.18. The van der Waals surface area contributed by atoms with Crippen LogP contribution in [0.5, 0.6) is 0 Å². The number of nitrogens with zero attached hydrogens (tertiary/aromatic N) is 3. The van der Waals surface area contributed by atoms with Crippen LogP contribution in [0.3, 0.4) is 0 Å². The maximum atomic E-state index is 12.3. The highest BCUT2D eigenvalue weighted by Crippen LogP contribution is 2.27. The number of carbonyl (C=O) groups is 2. The fraction of sp³-hybridized carbons (Fsp3) is 0.750. The lowest BCUT2D eigenvalue weighted by Crippen LogP contribution is -2.50. The maximum Gasteiger partial charge on any atom is 0.326 e. The molecule has 2 amide bonds. The van der Waals surface area contributed by atoms with Crippen LogP contribution in [0.4, 0.5) is 4.79 Å². The van der Waals surface area contributed by atoms with Gasteiger partial charge in [-0.25, -0.2) is 9.59 Å². The van der Waals surface area contributed by atoms with Gasteiger partial charge in [0.05, 0.1) is 0 Å². The van der Waals surface area contributed by atoms with Crippen molar-refractivity contribution in [2.75, 3.05) is 25.1 Å². The second kappa shape index (κ2) is 9.07. The molecule has 0 unspecified atom stereocenters. The second-order valence-corrected chi connectivity index (χ2v) is 7.51. The van der Waals surface area contributed by atoms with Gasteiger partial charge >= 0.3 is 12.0 Å². The Hall–Kier alpha value is -1.77. The van der Waals surface area contributed by atoms with Gasteiger partial charge in [-0.2, -0.15) is 16.7 Å². The smallest absolute Gasteiger partial charge is 0.326 e. The largest absolute Gasteiger partial charge is 0.480 e. The van der Waals surface area contributed by atoms with Crippen molar-refractivity contribution in [2.24, 2.45) is 0 Å². The third-order valence-electron chi connectivity index (χ3n) is 4.31. The zero-order chi connectivity index (χ0) is 18.4. The van der Waals surface area contributed by atoms with E-state index >= 15 is 0 Å². The number of amides is 2. The highest BCUT2D eigenvalue weighted by atomic mass is 32.2. The first-order chi connectivity index (χ1) is 11.9. The summed E-state index contributed by atoms with van der Waals surface area (Å²) < 4.78 is 5.34. The van der Waals surface area contributed by atoms with Crippen LogP contribution in [0.25, 0.3) is 0 Å². The summed E-state index contributed by atoms with van der Waals surface area (Å²) in [5.74, 6) is 1.40. The Balaban J connectivity index is 1.85. The first kappa shape index (κ1) is 19.6. The van der Waals surface area contributed by atoms with Gasteiger partial charge in [-0.1, -0.05) is 19.0 Å². The zero-order valence-corrected chi connectivity index (χ0v) is 15.7. The molecular weight excluding hydrogens is 344 g/mol. The summed E-state index contributed by atoms with van der Waals surface area (Å²) in [6, 6.07) is -1.16. The number of rotatable bonds is 7. The van der Waals surface area contributed by atoms with Gasteiger partial charge in [-0.15, -0.1) is 0 Å². The molecule has 0 radical (unpaired) electrons. The molecule has 2 N–H and O–H groups in total. The van der Waals surface area contributed by atoms with Crippen LogP contribution in [0.2, 0.25) is 0 Å². The quantitative estimate of drug-likeness (QED) is 0.758. The summed E-state index contributed by atoms with van der Waals surface area (Å²) in [7, 11) is 0. The minimum absolute atomic E-state index is 0.149. The van der Waals surface area contributed by atoms with E-state index in [1.54, 1.807) is 16.7 Å². The van der Waals surface area contributed by atoms with Gasteiger partial charge in [0.1, 0.15) is 6.04 Å². The normalized spacial score (nSPS) is 16.9. The lowest BCUT2D eigenvalue weighted by atomic mass is 9.97. The highest BCUT2D eigenvalue weighted by molar-refractivity contribution is 7.98. The molecule has 1 aliphatic rings. The number of hydrogen-bond donors (Lipinski definition) is 2. The van der Waals surface area contributed by atoms with Gasteiger partial charge in [-0.05, 0) is 31.3 Å². The number of aromatic nitrogens is 2. The second-order valence-electron chi connectivity index (χ2n) is 6.53. The molecule has 1 aliphatic heterocycles. The molecule has 140 valence electrons. The van der Waals surface area contributed by atoms with E-state index in [0.29, 0.717) is 37.0 Å². The van der Waals surface area contributed by atoms with Gasteiger partial charge in [0.2, 0.25) is 5.89 Å². The van der Waals surface area contributed by atoms with E-state index in [0.717, 1.165) is 12.8 Å². The Labute approximate surface area is 151 Å². The Morgan fingerprint density at radius 3 is 2.60 bits per heavy atom. The number of urea groups is 1. The third kappa shape index (κ3) is 5.35. The van der Waals surface area contributed by atoms with Crippen LogP contribution in [-0.2, 0) is 4.79 Å². The van der Waals surface area contributed by atoms with Crippen molar-refractivity contribution in [2.45, 2.75) is 51.0 Å². The van der Waals surface area contributed by atoms with Crippen molar-refractivity contribution in [3.63, 3.8) is 0 Å². The van der Waals surface area contributed by atoms with Gasteiger partial charge in [0.25, 0.3) is 0 Å². The SMILES string of the molecule is CSCC[C@H](NC(=O)N1CCC(c2nc(C(C)C)no2)CC1)C(=O)O. The van der Waals surface area contributed by atoms with E-state index in [4.69, 9.17) is 4.52 Å². The molecule has 2 heterocycles. The average molecular weight is 370 g/mol. The molecule has 1 saturated heterocycles. The highest BCUT2D eigenvalue weighted by Gasteiger charge is 2.29. The Bertz CT molecular complexity index is 584. The molecule has 25 heavy (non-hydrogen) atoms. The van der Waals surface area contributed by atoms with E-state index in [1.165, 1.54) is 0 Å². The summed E-state index contributed by atoms with van der Waals surface area (Å²) >= 11 is 1.56. The summed E-state index contributed by atoms with van der Waals surface area (Å²) in [5, 5.41) is 15.8. The van der Waals surface area contributed by atoms with Gasteiger partial charge < -0.3 is 19.8 Å². The van der Waals surface area contributed by atoms with Crippen LogP contribution in [-0.4, -0.2) is 63.3 Å². The fourth-order valence-electron chi connectivity index (χ4n) is 2.71. The number of hydrogen-bond acceptors (Lipinski definition) is 6. The van der Waals surface area contributed by atoms with Crippen LogP contribution in [0, 0.1) is 0 Å². The Morgan fingerprint density at radius 1 is 1.40 bits per heavy atom. The van der Waals surface area contributed by atoms with Crippen molar-refractivity contribution in [3.8, 4) is 0 Å². The molecule has 1 aromatic rings. The first-order valence-electron chi connectivity index (χ1n) is 8.53. The number of aliphatic carboxylic acids is 1. The van der Waals surface area contributed by atoms with Crippen molar-refractivity contribution >= 4 is 23.8 Å². The number of piperidine rings is 1. The van der Waals surface area contributed by atoms with E-state index < -0.39 is 12.0 Å². The minimum Gasteiger partial charge on any atom is -0.480 e. The number of carboxylic acid groups (broad SMARTS) is 1. The summed E-state index contributed by atoms with van der Waals surface area (Å²) in [5.41, 5.74) is 0. The molecule has 8 nitrogen and oxygen atoms in total. The lowest BCUT2D eigenvalue weighted by Gasteiger charge is -2.31. The first-order valence-corrected chi connectivity index (χ1v) is 9.92. The van der Waals surface area contributed by atoms with Gasteiger partial charge in [-0.3, -0.25) is 0 Å². The molecule has 9 heteroatoms. The van der Waals surface area contributed by atoms with Crippen LogP contribution < -0.4 is 5.32 Å². The zero-order valence-electron chi connectivity index (χ0n) is 14.9. The molecule has 1 aromatic heterocycles. The number of thioether (sulfide) groups is 1. The van der Waals surface area contributed by atoms with Crippen molar-refractivity contribution in [1.82, 2.24) is 20.4 Å². The molecule has 0 bridgehead atoms. The number of nitrogens with one attached hydrogen (secondary N) is 1. The van der Waals surface area contributed by atoms with E-state index in [1.807, 2.05) is 20.1 Å². The maximum absolute atomic E-state index is 12.3. The molecule has 1 atom stereocenters. The number of carbonyl (C=O) groups excluding carboxylic acids is 1. The molecule has 2 rings (SSSR count). The summed E-state index contributed by atoms with van der Waals surface area (Å²) in [6.45, 7) is 5.12. The van der Waals surface area contributed by atoms with Crippen LogP contribution >= 0.6 is 11.8 Å². The monoisotopic (exact) mass is 370 g/mol. The molecule has 0 aromatic carbocycles. The molecule has 0 spiro atoms. The topological polar surface area (TPSA) is 109 Å². The minimum atomic E-state index is -0.996. The molecule has 1 fully saturated rings. The summed E-state index contributed by atoms with van der Waals surface area (Å²) in [6.07, 6.45) is 3.79. The van der Waals surface area contributed by atoms with E-state index in [-0.39, 0.29) is 17.9 Å². The Kier molecular flexibility index (Phi) is 7.10. The van der Waals surface area contributed by atoms with Crippen molar-refractivity contribution in [1.29, 1.82) is 0 Å². The molecular formula is C16H26N4O4S. The average Bonchev–Trinajstić information content (AvgIpc) is 3.08. The Morgan fingerprint density at radius 2 is 2.08 bits per heavy atom. The third-order valence-corrected chi connectivity index (χ3v) is 4.96. The van der Waals surface area contributed by atoms with Gasteiger partial charge in [0, 0.05) is 24.9 Å². The van der Waals surface area contributed by atoms with E-state index in [2.05, 4.69) is 15.5 Å². The van der Waals surface area contributed by atoms with Crippen LogP contribution in [0.1, 0.15) is 56.7 Å². The molecule has 0 aliphatic carbocycles. The van der Waals surface area contributed by atoms with Crippen molar-refractivity contribution in [3.05, 3.63) is 11.7 Å². The predicted octanol–water partition coefficient (Wildman–Crippen LogP) is 2.29. The lowest BCUT2D eigenvalue weighted by molar-refractivity contribution is -0.139.